The van der Waals surface area contributed by atoms with Crippen molar-refractivity contribution in [2.24, 2.45) is 0 Å². The number of hydrogen-bond donors (Lipinski definition) is 1. The minimum atomic E-state index is -0.547. The second kappa shape index (κ2) is 6.77. The van der Waals surface area contributed by atoms with Crippen LogP contribution >= 0.6 is 0 Å². The van der Waals surface area contributed by atoms with Gasteiger partial charge in [0.15, 0.2) is 5.58 Å². The summed E-state index contributed by atoms with van der Waals surface area (Å²) < 4.78 is 9.94. The van der Waals surface area contributed by atoms with Gasteiger partial charge in [-0.05, 0) is 31.5 Å². The van der Waals surface area contributed by atoms with Gasteiger partial charge in [-0.25, -0.2) is 9.59 Å². The zero-order valence-electron chi connectivity index (χ0n) is 13.4. The Bertz CT molecular complexity index is 809. The van der Waals surface area contributed by atoms with E-state index in [1.807, 2.05) is 0 Å². The summed E-state index contributed by atoms with van der Waals surface area (Å²) in [7, 11) is 0. The van der Waals surface area contributed by atoms with E-state index in [9.17, 15) is 14.4 Å². The SMILES string of the molecule is CCOC(=O)N1CCCN(C(=O)c2ccc3oc(=O)[nH]c3c2)CC1. The summed E-state index contributed by atoms with van der Waals surface area (Å²) in [6.45, 7) is 4.11. The van der Waals surface area contributed by atoms with E-state index in [1.54, 1.807) is 34.9 Å². The maximum Gasteiger partial charge on any atom is 0.417 e. The van der Waals surface area contributed by atoms with Crippen molar-refractivity contribution in [1.82, 2.24) is 14.8 Å². The lowest BCUT2D eigenvalue weighted by molar-refractivity contribution is 0.0753. The number of amides is 2. The first-order chi connectivity index (χ1) is 11.6. The first-order valence-corrected chi connectivity index (χ1v) is 7.92. The fraction of sp³-hybridized carbons (Fsp3) is 0.438. The van der Waals surface area contributed by atoms with E-state index in [4.69, 9.17) is 9.15 Å². The van der Waals surface area contributed by atoms with Crippen LogP contribution in [0.15, 0.2) is 27.4 Å². The van der Waals surface area contributed by atoms with Crippen LogP contribution in [0.4, 0.5) is 4.79 Å². The van der Waals surface area contributed by atoms with E-state index in [0.29, 0.717) is 55.9 Å². The van der Waals surface area contributed by atoms with Gasteiger partial charge < -0.3 is 19.0 Å². The minimum Gasteiger partial charge on any atom is -0.450 e. The topological polar surface area (TPSA) is 95.8 Å². The number of aromatic nitrogens is 1. The predicted molar refractivity (Wildman–Crippen MR) is 86.0 cm³/mol. The van der Waals surface area contributed by atoms with Gasteiger partial charge in [-0.3, -0.25) is 9.78 Å². The summed E-state index contributed by atoms with van der Waals surface area (Å²) in [6.07, 6.45) is 0.346. The molecule has 1 saturated heterocycles. The number of H-pyrrole nitrogens is 1. The van der Waals surface area contributed by atoms with Gasteiger partial charge in [0.05, 0.1) is 12.1 Å². The summed E-state index contributed by atoms with van der Waals surface area (Å²) in [6, 6.07) is 4.84. The second-order valence-corrected chi connectivity index (χ2v) is 5.56. The van der Waals surface area contributed by atoms with Crippen LogP contribution in [0.2, 0.25) is 0 Å². The van der Waals surface area contributed by atoms with E-state index < -0.39 is 5.76 Å². The van der Waals surface area contributed by atoms with Gasteiger partial charge in [0.1, 0.15) is 0 Å². The lowest BCUT2D eigenvalue weighted by Crippen LogP contribution is -2.37. The molecule has 1 fully saturated rings. The summed E-state index contributed by atoms with van der Waals surface area (Å²) >= 11 is 0. The van der Waals surface area contributed by atoms with Crippen molar-refractivity contribution < 1.29 is 18.7 Å². The Labute approximate surface area is 138 Å². The molecule has 0 unspecified atom stereocenters. The number of carbonyl (C=O) groups is 2. The molecular weight excluding hydrogens is 314 g/mol. The summed E-state index contributed by atoms with van der Waals surface area (Å²) in [4.78, 5) is 41.5. The van der Waals surface area contributed by atoms with Gasteiger partial charge in [-0.15, -0.1) is 0 Å². The Morgan fingerprint density at radius 3 is 2.75 bits per heavy atom. The van der Waals surface area contributed by atoms with Crippen LogP contribution < -0.4 is 5.76 Å². The fourth-order valence-corrected chi connectivity index (χ4v) is 2.79. The molecule has 2 heterocycles. The summed E-state index contributed by atoms with van der Waals surface area (Å²) in [5.74, 6) is -0.681. The molecule has 8 heteroatoms. The molecule has 0 bridgehead atoms. The third kappa shape index (κ3) is 3.27. The van der Waals surface area contributed by atoms with Crippen molar-refractivity contribution >= 4 is 23.1 Å². The lowest BCUT2D eigenvalue weighted by atomic mass is 10.1. The quantitative estimate of drug-likeness (QED) is 0.897. The van der Waals surface area contributed by atoms with E-state index in [-0.39, 0.29) is 12.0 Å². The maximum atomic E-state index is 12.7. The highest BCUT2D eigenvalue weighted by molar-refractivity contribution is 5.97. The second-order valence-electron chi connectivity index (χ2n) is 5.56. The van der Waals surface area contributed by atoms with Crippen LogP contribution in [0.1, 0.15) is 23.7 Å². The van der Waals surface area contributed by atoms with Crippen molar-refractivity contribution in [3.05, 3.63) is 34.3 Å². The molecule has 24 heavy (non-hydrogen) atoms. The standard InChI is InChI=1S/C16H19N3O5/c1-2-23-16(22)19-7-3-6-18(8-9-19)14(20)11-4-5-13-12(10-11)17-15(21)24-13/h4-5,10H,2-3,6-9H2,1H3,(H,17,21). The van der Waals surface area contributed by atoms with Crippen LogP contribution in [0.5, 0.6) is 0 Å². The number of aromatic amines is 1. The van der Waals surface area contributed by atoms with Crippen LogP contribution in [-0.2, 0) is 4.74 Å². The lowest BCUT2D eigenvalue weighted by Gasteiger charge is -2.21. The molecule has 0 aliphatic carbocycles. The zero-order valence-corrected chi connectivity index (χ0v) is 13.4. The van der Waals surface area contributed by atoms with Gasteiger partial charge >= 0.3 is 11.8 Å². The average molecular weight is 333 g/mol. The molecule has 0 atom stereocenters. The molecule has 2 aromatic rings. The molecule has 128 valence electrons. The third-order valence-corrected chi connectivity index (χ3v) is 3.98. The summed E-state index contributed by atoms with van der Waals surface area (Å²) in [5, 5.41) is 0. The third-order valence-electron chi connectivity index (χ3n) is 3.98. The fourth-order valence-electron chi connectivity index (χ4n) is 2.79. The number of nitrogens with zero attached hydrogens (tertiary/aromatic N) is 2. The van der Waals surface area contributed by atoms with Gasteiger partial charge in [0.2, 0.25) is 0 Å². The zero-order chi connectivity index (χ0) is 17.1. The van der Waals surface area contributed by atoms with Gasteiger partial charge in [-0.1, -0.05) is 0 Å². The van der Waals surface area contributed by atoms with Crippen LogP contribution in [-0.4, -0.2) is 59.6 Å². The molecule has 1 aliphatic rings. The van der Waals surface area contributed by atoms with Crippen molar-refractivity contribution in [3.63, 3.8) is 0 Å². The van der Waals surface area contributed by atoms with Crippen LogP contribution in [0, 0.1) is 0 Å². The van der Waals surface area contributed by atoms with Crippen LogP contribution in [0.25, 0.3) is 11.1 Å². The highest BCUT2D eigenvalue weighted by Gasteiger charge is 2.23. The van der Waals surface area contributed by atoms with Gasteiger partial charge in [0.25, 0.3) is 5.91 Å². The molecule has 1 aromatic carbocycles. The Balaban J connectivity index is 1.72. The Morgan fingerprint density at radius 1 is 1.21 bits per heavy atom. The number of ether oxygens (including phenoxy) is 1. The van der Waals surface area contributed by atoms with Crippen molar-refractivity contribution in [1.29, 1.82) is 0 Å². The molecule has 1 N–H and O–H groups in total. The normalized spacial score (nSPS) is 15.4. The van der Waals surface area contributed by atoms with E-state index in [2.05, 4.69) is 4.98 Å². The van der Waals surface area contributed by atoms with Crippen LogP contribution in [0.3, 0.4) is 0 Å². The largest absolute Gasteiger partial charge is 0.450 e. The molecule has 8 nitrogen and oxygen atoms in total. The smallest absolute Gasteiger partial charge is 0.417 e. The molecule has 0 radical (unpaired) electrons. The molecule has 0 spiro atoms. The summed E-state index contributed by atoms with van der Waals surface area (Å²) in [5.41, 5.74) is 1.39. The first-order valence-electron chi connectivity index (χ1n) is 7.92. The number of rotatable bonds is 2. The van der Waals surface area contributed by atoms with E-state index in [0.717, 1.165) is 0 Å². The molecule has 0 saturated carbocycles. The number of benzene rings is 1. The number of fused-ring (bicyclic) bond motifs is 1. The highest BCUT2D eigenvalue weighted by atomic mass is 16.6. The Kier molecular flexibility index (Phi) is 4.54. The molecule has 3 rings (SSSR count). The number of oxazole rings is 1. The monoisotopic (exact) mass is 333 g/mol. The van der Waals surface area contributed by atoms with Crippen molar-refractivity contribution in [3.8, 4) is 0 Å². The number of nitrogens with one attached hydrogen (secondary N) is 1. The van der Waals surface area contributed by atoms with Gasteiger partial charge in [-0.2, -0.15) is 0 Å². The average Bonchev–Trinajstić information content (AvgIpc) is 2.78. The predicted octanol–water partition coefficient (Wildman–Crippen LogP) is 1.43. The van der Waals surface area contributed by atoms with Crippen molar-refractivity contribution in [2.75, 3.05) is 32.8 Å². The number of hydrogen-bond acceptors (Lipinski definition) is 5. The maximum absolute atomic E-state index is 12.7. The van der Waals surface area contributed by atoms with Crippen molar-refractivity contribution in [2.45, 2.75) is 13.3 Å². The number of carbonyl (C=O) groups excluding carboxylic acids is 2. The van der Waals surface area contributed by atoms with E-state index in [1.165, 1.54) is 0 Å². The highest BCUT2D eigenvalue weighted by Crippen LogP contribution is 2.15. The first kappa shape index (κ1) is 16.1. The molecule has 2 amide bonds. The van der Waals surface area contributed by atoms with E-state index >= 15 is 0 Å². The Morgan fingerprint density at radius 2 is 1.96 bits per heavy atom. The molecule has 1 aromatic heterocycles. The molecular formula is C16H19N3O5. The van der Waals surface area contributed by atoms with Gasteiger partial charge in [0, 0.05) is 31.7 Å². The minimum absolute atomic E-state index is 0.135. The molecule has 1 aliphatic heterocycles. The Hall–Kier alpha value is -2.77.